The second-order valence-corrected chi connectivity index (χ2v) is 6.81. The van der Waals surface area contributed by atoms with E-state index in [9.17, 15) is 21.6 Å². The van der Waals surface area contributed by atoms with Gasteiger partial charge in [0.1, 0.15) is 10.7 Å². The van der Waals surface area contributed by atoms with Gasteiger partial charge in [0.2, 0.25) is 0 Å². The molecule has 0 unspecified atom stereocenters. The van der Waals surface area contributed by atoms with E-state index in [4.69, 9.17) is 5.73 Å². The minimum Gasteiger partial charge on any atom is -0.326 e. The molecule has 0 fully saturated rings. The van der Waals surface area contributed by atoms with Crippen molar-refractivity contribution in [3.63, 3.8) is 0 Å². The summed E-state index contributed by atoms with van der Waals surface area (Å²) in [5.74, 6) is -4.04. The molecular weight excluding hydrogens is 325 g/mol. The second-order valence-electron chi connectivity index (χ2n) is 4.23. The lowest BCUT2D eigenvalue weighted by Crippen LogP contribution is -2.17. The zero-order valence-corrected chi connectivity index (χ0v) is 12.4. The van der Waals surface area contributed by atoms with Gasteiger partial charge in [-0.05, 0) is 17.9 Å². The Kier molecular flexibility index (Phi) is 4.26. The van der Waals surface area contributed by atoms with Crippen LogP contribution in [0.5, 0.6) is 0 Å². The van der Waals surface area contributed by atoms with E-state index in [0.717, 1.165) is 11.3 Å². The Balaban J connectivity index is 2.50. The molecule has 1 aromatic carbocycles. The van der Waals surface area contributed by atoms with Crippen molar-refractivity contribution in [1.29, 1.82) is 0 Å². The number of hydrogen-bond acceptors (Lipinski definition) is 4. The molecule has 1 aromatic heterocycles. The highest BCUT2D eigenvalue weighted by Crippen LogP contribution is 2.29. The molecule has 1 heterocycles. The zero-order chi connectivity index (χ0) is 15.8. The van der Waals surface area contributed by atoms with Gasteiger partial charge in [-0.1, -0.05) is 0 Å². The molecule has 114 valence electrons. The predicted octanol–water partition coefficient (Wildman–Crippen LogP) is 2.73. The predicted molar refractivity (Wildman–Crippen MR) is 74.1 cm³/mol. The molecule has 0 bridgehead atoms. The molecule has 0 aliphatic carbocycles. The van der Waals surface area contributed by atoms with Crippen molar-refractivity contribution in [2.75, 3.05) is 4.72 Å². The molecule has 3 N–H and O–H groups in total. The number of aryl methyl sites for hydroxylation is 1. The fourth-order valence-corrected chi connectivity index (χ4v) is 4.57. The van der Waals surface area contributed by atoms with Crippen molar-refractivity contribution in [2.45, 2.75) is 18.4 Å². The molecular formula is C12H11F3N2O2S2. The first-order valence-electron chi connectivity index (χ1n) is 5.70. The van der Waals surface area contributed by atoms with Crippen molar-refractivity contribution in [3.8, 4) is 0 Å². The largest absolute Gasteiger partial charge is 0.326 e. The Morgan fingerprint density at radius 1 is 1.29 bits per heavy atom. The monoisotopic (exact) mass is 336 g/mol. The molecule has 9 heteroatoms. The van der Waals surface area contributed by atoms with Gasteiger partial charge in [0.25, 0.3) is 10.0 Å². The van der Waals surface area contributed by atoms with Crippen LogP contribution in [0, 0.1) is 24.4 Å². The molecule has 2 rings (SSSR count). The summed E-state index contributed by atoms with van der Waals surface area (Å²) in [4.78, 5) is 0.274. The van der Waals surface area contributed by atoms with Crippen LogP contribution in [0.15, 0.2) is 22.4 Å². The number of nitrogens with two attached hydrogens (primary N) is 1. The van der Waals surface area contributed by atoms with Crippen LogP contribution in [-0.4, -0.2) is 8.42 Å². The molecule has 0 spiro atoms. The summed E-state index contributed by atoms with van der Waals surface area (Å²) in [6.45, 7) is 1.53. The third kappa shape index (κ3) is 3.04. The first kappa shape index (κ1) is 15.8. The number of rotatable bonds is 4. The Morgan fingerprint density at radius 3 is 2.57 bits per heavy atom. The van der Waals surface area contributed by atoms with E-state index in [-0.39, 0.29) is 11.4 Å². The van der Waals surface area contributed by atoms with Crippen LogP contribution in [0.1, 0.15) is 10.4 Å². The van der Waals surface area contributed by atoms with Crippen molar-refractivity contribution < 1.29 is 21.6 Å². The third-order valence-corrected chi connectivity index (χ3v) is 5.53. The quantitative estimate of drug-likeness (QED) is 0.843. The van der Waals surface area contributed by atoms with Gasteiger partial charge in [0.05, 0.1) is 5.69 Å². The topological polar surface area (TPSA) is 72.2 Å². The van der Waals surface area contributed by atoms with Gasteiger partial charge in [-0.15, -0.1) is 11.3 Å². The van der Waals surface area contributed by atoms with E-state index in [1.54, 1.807) is 12.3 Å². The lowest BCUT2D eigenvalue weighted by Gasteiger charge is -2.11. The van der Waals surface area contributed by atoms with Crippen LogP contribution in [0.4, 0.5) is 18.9 Å². The summed E-state index contributed by atoms with van der Waals surface area (Å²) < 4.78 is 66.1. The fourth-order valence-electron chi connectivity index (χ4n) is 1.82. The molecule has 0 aliphatic rings. The van der Waals surface area contributed by atoms with Crippen LogP contribution in [-0.2, 0) is 16.6 Å². The van der Waals surface area contributed by atoms with Gasteiger partial charge in [0.15, 0.2) is 11.6 Å². The smallest absolute Gasteiger partial charge is 0.263 e. The molecule has 0 saturated carbocycles. The lowest BCUT2D eigenvalue weighted by molar-refractivity contribution is 0.498. The van der Waals surface area contributed by atoms with Crippen LogP contribution in [0.3, 0.4) is 0 Å². The highest BCUT2D eigenvalue weighted by Gasteiger charge is 2.24. The van der Waals surface area contributed by atoms with Gasteiger partial charge in [-0.2, -0.15) is 0 Å². The number of benzene rings is 1. The third-order valence-electron chi connectivity index (χ3n) is 2.68. The fraction of sp³-hybridized carbons (Fsp3) is 0.167. The van der Waals surface area contributed by atoms with Crippen LogP contribution < -0.4 is 10.5 Å². The average molecular weight is 336 g/mol. The van der Waals surface area contributed by atoms with Crippen LogP contribution in [0.2, 0.25) is 0 Å². The highest BCUT2D eigenvalue weighted by molar-refractivity contribution is 7.93. The van der Waals surface area contributed by atoms with E-state index in [2.05, 4.69) is 0 Å². The van der Waals surface area contributed by atoms with Gasteiger partial charge in [-0.25, -0.2) is 21.6 Å². The van der Waals surface area contributed by atoms with Crippen molar-refractivity contribution in [3.05, 3.63) is 45.4 Å². The number of halogens is 3. The number of thiophene rings is 1. The Hall–Kier alpha value is -1.58. The molecule has 4 nitrogen and oxygen atoms in total. The number of sulfonamides is 1. The van der Waals surface area contributed by atoms with Crippen molar-refractivity contribution >= 4 is 27.0 Å². The minimum atomic E-state index is -4.19. The first-order chi connectivity index (χ1) is 9.76. The summed E-state index contributed by atoms with van der Waals surface area (Å²) in [5.41, 5.74) is 5.09. The standard InChI is InChI=1S/C12H11F3N2O2S2/c1-6-5-20-10(4-16)12(6)21(18,19)17-9-3-7(13)2-8(14)11(9)15/h2-3,5,17H,4,16H2,1H3. The van der Waals surface area contributed by atoms with Gasteiger partial charge in [0, 0.05) is 23.6 Å². The second kappa shape index (κ2) is 5.66. The Bertz CT molecular complexity index is 788. The molecule has 0 amide bonds. The molecule has 0 radical (unpaired) electrons. The van der Waals surface area contributed by atoms with E-state index < -0.39 is 33.2 Å². The van der Waals surface area contributed by atoms with E-state index in [1.165, 1.54) is 0 Å². The summed E-state index contributed by atoms with van der Waals surface area (Å²) in [5, 5.41) is 1.58. The van der Waals surface area contributed by atoms with Gasteiger partial charge >= 0.3 is 0 Å². The number of hydrogen-bond donors (Lipinski definition) is 2. The van der Waals surface area contributed by atoms with E-state index in [1.807, 2.05) is 4.72 Å². The number of nitrogens with one attached hydrogen (secondary N) is 1. The lowest BCUT2D eigenvalue weighted by atomic mass is 10.3. The van der Waals surface area contributed by atoms with Crippen LogP contribution >= 0.6 is 11.3 Å². The van der Waals surface area contributed by atoms with E-state index in [0.29, 0.717) is 22.6 Å². The number of anilines is 1. The summed E-state index contributed by atoms with van der Waals surface area (Å²) >= 11 is 1.14. The highest BCUT2D eigenvalue weighted by atomic mass is 32.2. The summed E-state index contributed by atoms with van der Waals surface area (Å²) in [6.07, 6.45) is 0. The van der Waals surface area contributed by atoms with Crippen molar-refractivity contribution in [2.24, 2.45) is 5.73 Å². The minimum absolute atomic E-state index is 0.0191. The van der Waals surface area contributed by atoms with Gasteiger partial charge < -0.3 is 5.73 Å². The van der Waals surface area contributed by atoms with Crippen molar-refractivity contribution in [1.82, 2.24) is 0 Å². The first-order valence-corrected chi connectivity index (χ1v) is 8.07. The van der Waals surface area contributed by atoms with E-state index >= 15 is 0 Å². The zero-order valence-electron chi connectivity index (χ0n) is 10.8. The average Bonchev–Trinajstić information content (AvgIpc) is 2.77. The summed E-state index contributed by atoms with van der Waals surface area (Å²) in [6, 6.07) is 0.897. The Labute approximate surface area is 123 Å². The van der Waals surface area contributed by atoms with Crippen LogP contribution in [0.25, 0.3) is 0 Å². The summed E-state index contributed by atoms with van der Waals surface area (Å²) in [7, 11) is -4.19. The Morgan fingerprint density at radius 2 is 1.95 bits per heavy atom. The SMILES string of the molecule is Cc1csc(CN)c1S(=O)(=O)Nc1cc(F)cc(F)c1F. The molecule has 21 heavy (non-hydrogen) atoms. The molecule has 0 saturated heterocycles. The maximum atomic E-state index is 13.5. The maximum absolute atomic E-state index is 13.5. The molecule has 2 aromatic rings. The molecule has 0 aliphatic heterocycles. The maximum Gasteiger partial charge on any atom is 0.263 e. The normalized spacial score (nSPS) is 11.7. The molecule has 0 atom stereocenters. The van der Waals surface area contributed by atoms with Gasteiger partial charge in [-0.3, -0.25) is 4.72 Å².